The second-order valence-electron chi connectivity index (χ2n) is 5.06. The minimum atomic E-state index is 0.800. The Kier molecular flexibility index (Phi) is 4.76. The smallest absolute Gasteiger partial charge is 0.0314 e. The van der Waals surface area contributed by atoms with Crippen molar-refractivity contribution in [3.63, 3.8) is 0 Å². The van der Waals surface area contributed by atoms with Crippen LogP contribution in [0.3, 0.4) is 0 Å². The van der Waals surface area contributed by atoms with Gasteiger partial charge in [0.1, 0.15) is 0 Å². The standard InChI is InChI=1S/C19H17NS2/c1-14-2-6-16(7-3-14)21-18-10-12-19(13-11-18)22-17-8-4-15(20)5-9-17/h2-13H,20H2,1H3. The molecule has 0 saturated carbocycles. The first-order chi connectivity index (χ1) is 10.7. The van der Waals surface area contributed by atoms with Gasteiger partial charge < -0.3 is 5.73 Å². The van der Waals surface area contributed by atoms with E-state index in [1.165, 1.54) is 25.1 Å². The van der Waals surface area contributed by atoms with E-state index >= 15 is 0 Å². The van der Waals surface area contributed by atoms with Gasteiger partial charge in [-0.15, -0.1) is 0 Å². The first-order valence-corrected chi connectivity index (χ1v) is 8.70. The van der Waals surface area contributed by atoms with E-state index in [9.17, 15) is 0 Å². The molecule has 2 N–H and O–H groups in total. The van der Waals surface area contributed by atoms with Crippen molar-refractivity contribution in [2.24, 2.45) is 0 Å². The van der Waals surface area contributed by atoms with E-state index in [1.807, 2.05) is 12.1 Å². The van der Waals surface area contributed by atoms with Crippen LogP contribution in [0.2, 0.25) is 0 Å². The van der Waals surface area contributed by atoms with Crippen LogP contribution in [0.15, 0.2) is 92.4 Å². The normalized spacial score (nSPS) is 10.6. The number of benzene rings is 3. The molecule has 0 fully saturated rings. The van der Waals surface area contributed by atoms with Gasteiger partial charge in [-0.2, -0.15) is 0 Å². The first kappa shape index (κ1) is 15.1. The fraction of sp³-hybridized carbons (Fsp3) is 0.0526. The van der Waals surface area contributed by atoms with Gasteiger partial charge in [-0.05, 0) is 67.6 Å². The summed E-state index contributed by atoms with van der Waals surface area (Å²) in [5.41, 5.74) is 7.80. The van der Waals surface area contributed by atoms with Crippen molar-refractivity contribution in [2.75, 3.05) is 5.73 Å². The highest BCUT2D eigenvalue weighted by Crippen LogP contribution is 2.32. The average molecular weight is 323 g/mol. The zero-order valence-corrected chi connectivity index (χ0v) is 14.0. The number of anilines is 1. The number of hydrogen-bond donors (Lipinski definition) is 1. The molecule has 0 amide bonds. The molecule has 110 valence electrons. The molecule has 3 aromatic rings. The lowest BCUT2D eigenvalue weighted by Gasteiger charge is -2.05. The lowest BCUT2D eigenvalue weighted by Crippen LogP contribution is -1.82. The molecule has 3 rings (SSSR count). The van der Waals surface area contributed by atoms with Crippen LogP contribution < -0.4 is 5.73 Å². The molecular weight excluding hydrogens is 306 g/mol. The van der Waals surface area contributed by atoms with Gasteiger partial charge in [0, 0.05) is 25.3 Å². The minimum Gasteiger partial charge on any atom is -0.399 e. The summed E-state index contributed by atoms with van der Waals surface area (Å²) in [6.07, 6.45) is 0. The third-order valence-corrected chi connectivity index (χ3v) is 5.23. The van der Waals surface area contributed by atoms with Gasteiger partial charge in [-0.25, -0.2) is 0 Å². The van der Waals surface area contributed by atoms with Gasteiger partial charge in [0.2, 0.25) is 0 Å². The maximum atomic E-state index is 5.71. The molecular formula is C19H17NS2. The molecule has 0 aliphatic rings. The summed E-state index contributed by atoms with van der Waals surface area (Å²) in [6, 6.07) is 25.3. The summed E-state index contributed by atoms with van der Waals surface area (Å²) in [7, 11) is 0. The summed E-state index contributed by atoms with van der Waals surface area (Å²) < 4.78 is 0. The summed E-state index contributed by atoms with van der Waals surface area (Å²) >= 11 is 3.54. The van der Waals surface area contributed by atoms with E-state index in [0.717, 1.165) is 5.69 Å². The number of nitrogen functional groups attached to an aromatic ring is 1. The van der Waals surface area contributed by atoms with Crippen LogP contribution in [-0.2, 0) is 0 Å². The number of hydrogen-bond acceptors (Lipinski definition) is 3. The van der Waals surface area contributed by atoms with E-state index in [0.29, 0.717) is 0 Å². The summed E-state index contributed by atoms with van der Waals surface area (Å²) in [5.74, 6) is 0. The molecule has 0 unspecified atom stereocenters. The fourth-order valence-corrected chi connectivity index (χ4v) is 3.62. The van der Waals surface area contributed by atoms with Crippen LogP contribution in [-0.4, -0.2) is 0 Å². The monoisotopic (exact) mass is 323 g/mol. The van der Waals surface area contributed by atoms with Crippen LogP contribution in [0.1, 0.15) is 5.56 Å². The maximum absolute atomic E-state index is 5.71. The zero-order valence-electron chi connectivity index (χ0n) is 12.3. The van der Waals surface area contributed by atoms with Gasteiger partial charge in [-0.3, -0.25) is 0 Å². The minimum absolute atomic E-state index is 0.800. The highest BCUT2D eigenvalue weighted by molar-refractivity contribution is 7.99. The highest BCUT2D eigenvalue weighted by Gasteiger charge is 2.00. The largest absolute Gasteiger partial charge is 0.399 e. The van der Waals surface area contributed by atoms with Gasteiger partial charge >= 0.3 is 0 Å². The molecule has 1 nitrogen and oxygen atoms in total. The van der Waals surface area contributed by atoms with Crippen molar-refractivity contribution < 1.29 is 0 Å². The van der Waals surface area contributed by atoms with Gasteiger partial charge in [-0.1, -0.05) is 41.2 Å². The first-order valence-electron chi connectivity index (χ1n) is 7.07. The van der Waals surface area contributed by atoms with Crippen molar-refractivity contribution in [1.29, 1.82) is 0 Å². The molecule has 3 heteroatoms. The quantitative estimate of drug-likeness (QED) is 0.607. The second-order valence-corrected chi connectivity index (χ2v) is 7.35. The van der Waals surface area contributed by atoms with Crippen LogP contribution in [0.25, 0.3) is 0 Å². The number of aryl methyl sites for hydroxylation is 1. The van der Waals surface area contributed by atoms with Crippen LogP contribution in [0.4, 0.5) is 5.69 Å². The fourth-order valence-electron chi connectivity index (χ4n) is 1.99. The SMILES string of the molecule is Cc1ccc(Sc2ccc(Sc3ccc(N)cc3)cc2)cc1. The molecule has 0 atom stereocenters. The van der Waals surface area contributed by atoms with E-state index in [2.05, 4.69) is 67.6 Å². The van der Waals surface area contributed by atoms with Crippen molar-refractivity contribution in [2.45, 2.75) is 26.5 Å². The third kappa shape index (κ3) is 4.09. The molecule has 0 aromatic heterocycles. The van der Waals surface area contributed by atoms with Crippen molar-refractivity contribution >= 4 is 29.2 Å². The maximum Gasteiger partial charge on any atom is 0.0314 e. The van der Waals surface area contributed by atoms with Crippen molar-refractivity contribution in [3.05, 3.63) is 78.4 Å². The molecule has 0 bridgehead atoms. The van der Waals surface area contributed by atoms with E-state index < -0.39 is 0 Å². The molecule has 0 aliphatic carbocycles. The van der Waals surface area contributed by atoms with E-state index in [-0.39, 0.29) is 0 Å². The lowest BCUT2D eigenvalue weighted by molar-refractivity contribution is 1.32. The van der Waals surface area contributed by atoms with Gasteiger partial charge in [0.05, 0.1) is 0 Å². The van der Waals surface area contributed by atoms with Crippen LogP contribution in [0, 0.1) is 6.92 Å². The molecule has 22 heavy (non-hydrogen) atoms. The van der Waals surface area contributed by atoms with Crippen molar-refractivity contribution in [1.82, 2.24) is 0 Å². The summed E-state index contributed by atoms with van der Waals surface area (Å²) in [4.78, 5) is 4.96. The Morgan fingerprint density at radius 2 is 0.864 bits per heavy atom. The molecule has 0 heterocycles. The molecule has 0 aliphatic heterocycles. The predicted octanol–water partition coefficient (Wildman–Crippen LogP) is 5.88. The zero-order chi connectivity index (χ0) is 15.4. The summed E-state index contributed by atoms with van der Waals surface area (Å²) in [6.45, 7) is 2.11. The Morgan fingerprint density at radius 1 is 0.545 bits per heavy atom. The highest BCUT2D eigenvalue weighted by atomic mass is 32.2. The Hall–Kier alpha value is -1.84. The van der Waals surface area contributed by atoms with Gasteiger partial charge in [0.15, 0.2) is 0 Å². The Balaban J connectivity index is 1.67. The van der Waals surface area contributed by atoms with Crippen LogP contribution >= 0.6 is 23.5 Å². The topological polar surface area (TPSA) is 26.0 Å². The average Bonchev–Trinajstić information content (AvgIpc) is 2.54. The molecule has 0 radical (unpaired) electrons. The number of rotatable bonds is 4. The van der Waals surface area contributed by atoms with Crippen molar-refractivity contribution in [3.8, 4) is 0 Å². The lowest BCUT2D eigenvalue weighted by atomic mass is 10.2. The van der Waals surface area contributed by atoms with Gasteiger partial charge in [0.25, 0.3) is 0 Å². The Labute approximate surface area is 139 Å². The Morgan fingerprint density at radius 3 is 1.27 bits per heavy atom. The molecule has 0 saturated heterocycles. The summed E-state index contributed by atoms with van der Waals surface area (Å²) in [5, 5.41) is 0. The second kappa shape index (κ2) is 6.95. The van der Waals surface area contributed by atoms with Crippen LogP contribution in [0.5, 0.6) is 0 Å². The van der Waals surface area contributed by atoms with E-state index in [4.69, 9.17) is 5.73 Å². The van der Waals surface area contributed by atoms with E-state index in [1.54, 1.807) is 23.5 Å². The number of nitrogens with two attached hydrogens (primary N) is 1. The third-order valence-electron chi connectivity index (χ3n) is 3.20. The predicted molar refractivity (Wildman–Crippen MR) is 96.7 cm³/mol. The Bertz CT molecular complexity index is 665. The molecule has 3 aromatic carbocycles. The molecule has 0 spiro atoms.